The smallest absolute Gasteiger partial charge is 0.306 e. The van der Waals surface area contributed by atoms with Crippen LogP contribution in [0.4, 0.5) is 25.0 Å². The summed E-state index contributed by atoms with van der Waals surface area (Å²) in [6.07, 6.45) is 0. The third-order valence-electron chi connectivity index (χ3n) is 2.47. The number of carbonyl (C=O) groups excluding carboxylic acids is 1. The molecule has 0 aliphatic heterocycles. The molecule has 2 rings (SSSR count). The first-order valence-corrected chi connectivity index (χ1v) is 5.62. The lowest BCUT2D eigenvalue weighted by Gasteiger charge is -2.09. The molecule has 2 N–H and O–H groups in total. The largest absolute Gasteiger partial charge is 0.323 e. The Balaban J connectivity index is 2.13. The zero-order valence-electron chi connectivity index (χ0n) is 10.2. The number of hydrogen-bond donors (Lipinski definition) is 2. The molecule has 0 fully saturated rings. The van der Waals surface area contributed by atoms with Gasteiger partial charge >= 0.3 is 6.03 Å². The Morgan fingerprint density at radius 1 is 1.05 bits per heavy atom. The highest BCUT2D eigenvalue weighted by Gasteiger charge is 2.09. The Labute approximate surface area is 113 Å². The number of rotatable bonds is 2. The van der Waals surface area contributed by atoms with Crippen molar-refractivity contribution in [1.82, 2.24) is 0 Å². The molecule has 2 amide bonds. The maximum atomic E-state index is 13.3. The number of urea groups is 1. The summed E-state index contributed by atoms with van der Waals surface area (Å²) in [4.78, 5) is 11.7. The summed E-state index contributed by atoms with van der Waals surface area (Å²) in [5.41, 5.74) is 0.127. The van der Waals surface area contributed by atoms with Crippen LogP contribution < -0.4 is 10.6 Å². The van der Waals surface area contributed by atoms with Gasteiger partial charge in [0.15, 0.2) is 0 Å². The Morgan fingerprint density at radius 3 is 2.45 bits per heavy atom. The van der Waals surface area contributed by atoms with Crippen molar-refractivity contribution in [3.05, 3.63) is 59.7 Å². The van der Waals surface area contributed by atoms with Crippen molar-refractivity contribution in [3.8, 4) is 6.07 Å². The number of hydrogen-bond acceptors (Lipinski definition) is 2. The zero-order valence-corrected chi connectivity index (χ0v) is 10.2. The summed E-state index contributed by atoms with van der Waals surface area (Å²) in [7, 11) is 0. The second-order valence-electron chi connectivity index (χ2n) is 3.86. The van der Waals surface area contributed by atoms with E-state index in [2.05, 4.69) is 10.6 Å². The highest BCUT2D eigenvalue weighted by Crippen LogP contribution is 2.17. The first-order chi connectivity index (χ1) is 9.60. The Kier molecular flexibility index (Phi) is 3.91. The van der Waals surface area contributed by atoms with E-state index >= 15 is 0 Å². The highest BCUT2D eigenvalue weighted by molar-refractivity contribution is 6.00. The van der Waals surface area contributed by atoms with Gasteiger partial charge in [-0.2, -0.15) is 5.26 Å². The van der Waals surface area contributed by atoms with E-state index in [1.54, 1.807) is 12.1 Å². The van der Waals surface area contributed by atoms with Crippen molar-refractivity contribution in [2.45, 2.75) is 0 Å². The molecule has 0 aliphatic carbocycles. The molecule has 0 bridgehead atoms. The van der Waals surface area contributed by atoms with Crippen molar-refractivity contribution in [1.29, 1.82) is 5.26 Å². The van der Waals surface area contributed by atoms with Crippen LogP contribution in [-0.4, -0.2) is 6.03 Å². The molecule has 100 valence electrons. The quantitative estimate of drug-likeness (QED) is 0.879. The standard InChI is InChI=1S/C14H9F2N3O/c15-10-5-6-12(9(7-10)8-17)18-14(20)19-13-4-2-1-3-11(13)16/h1-7H,(H2,18,19,20). The average Bonchev–Trinajstić information content (AvgIpc) is 2.43. The molecular formula is C14H9F2N3O. The maximum Gasteiger partial charge on any atom is 0.323 e. The molecule has 2 aromatic carbocycles. The summed E-state index contributed by atoms with van der Waals surface area (Å²) in [6.45, 7) is 0. The molecule has 0 spiro atoms. The number of halogens is 2. The number of nitrogens with zero attached hydrogens (tertiary/aromatic N) is 1. The lowest BCUT2D eigenvalue weighted by Crippen LogP contribution is -2.20. The van der Waals surface area contributed by atoms with Gasteiger partial charge in [0.05, 0.1) is 16.9 Å². The fourth-order valence-corrected chi connectivity index (χ4v) is 1.56. The van der Waals surface area contributed by atoms with E-state index in [0.29, 0.717) is 0 Å². The summed E-state index contributed by atoms with van der Waals surface area (Å²) in [5, 5.41) is 13.5. The van der Waals surface area contributed by atoms with Gasteiger partial charge in [0.25, 0.3) is 0 Å². The van der Waals surface area contributed by atoms with Crippen molar-refractivity contribution >= 4 is 17.4 Å². The van der Waals surface area contributed by atoms with Gasteiger partial charge in [-0.25, -0.2) is 13.6 Å². The minimum absolute atomic E-state index is 0.00520. The van der Waals surface area contributed by atoms with E-state index in [0.717, 1.165) is 12.1 Å². The molecule has 0 radical (unpaired) electrons. The van der Waals surface area contributed by atoms with Crippen LogP contribution in [0.5, 0.6) is 0 Å². The van der Waals surface area contributed by atoms with E-state index in [1.165, 1.54) is 24.3 Å². The van der Waals surface area contributed by atoms with Crippen LogP contribution in [-0.2, 0) is 0 Å². The van der Waals surface area contributed by atoms with Gasteiger partial charge < -0.3 is 10.6 Å². The Morgan fingerprint density at radius 2 is 1.75 bits per heavy atom. The second-order valence-corrected chi connectivity index (χ2v) is 3.86. The molecule has 2 aromatic rings. The van der Waals surface area contributed by atoms with Gasteiger partial charge in [-0.1, -0.05) is 12.1 Å². The Bertz CT molecular complexity index is 695. The number of para-hydroxylation sites is 1. The number of benzene rings is 2. The fraction of sp³-hybridized carbons (Fsp3) is 0. The van der Waals surface area contributed by atoms with Crippen LogP contribution in [0.2, 0.25) is 0 Å². The van der Waals surface area contributed by atoms with Crippen LogP contribution in [0.25, 0.3) is 0 Å². The molecular weight excluding hydrogens is 264 g/mol. The third kappa shape index (κ3) is 3.09. The van der Waals surface area contributed by atoms with E-state index < -0.39 is 17.7 Å². The van der Waals surface area contributed by atoms with Gasteiger partial charge in [0.2, 0.25) is 0 Å². The Hall–Kier alpha value is -2.94. The molecule has 20 heavy (non-hydrogen) atoms. The van der Waals surface area contributed by atoms with Gasteiger partial charge in [0.1, 0.15) is 17.7 Å². The second kappa shape index (κ2) is 5.80. The van der Waals surface area contributed by atoms with Gasteiger partial charge in [0, 0.05) is 0 Å². The SMILES string of the molecule is N#Cc1cc(F)ccc1NC(=O)Nc1ccccc1F. The molecule has 6 heteroatoms. The molecule has 0 atom stereocenters. The summed E-state index contributed by atoms with van der Waals surface area (Å²) in [6, 6.07) is 10.1. The number of nitriles is 1. The lowest BCUT2D eigenvalue weighted by molar-refractivity contribution is 0.262. The first-order valence-electron chi connectivity index (χ1n) is 5.62. The van der Waals surface area contributed by atoms with Crippen molar-refractivity contribution in [2.24, 2.45) is 0 Å². The van der Waals surface area contributed by atoms with Crippen LogP contribution in [0.3, 0.4) is 0 Å². The highest BCUT2D eigenvalue weighted by atomic mass is 19.1. The normalized spacial score (nSPS) is 9.65. The third-order valence-corrected chi connectivity index (χ3v) is 2.47. The van der Waals surface area contributed by atoms with E-state index in [9.17, 15) is 13.6 Å². The molecule has 0 unspecified atom stereocenters. The summed E-state index contributed by atoms with van der Waals surface area (Å²) >= 11 is 0. The monoisotopic (exact) mass is 273 g/mol. The molecule has 0 aliphatic rings. The minimum Gasteiger partial charge on any atom is -0.306 e. The van der Waals surface area contributed by atoms with E-state index in [1.807, 2.05) is 0 Å². The first kappa shape index (κ1) is 13.5. The van der Waals surface area contributed by atoms with E-state index in [4.69, 9.17) is 5.26 Å². The van der Waals surface area contributed by atoms with Crippen molar-refractivity contribution in [3.63, 3.8) is 0 Å². The van der Waals surface area contributed by atoms with Gasteiger partial charge in [-0.3, -0.25) is 0 Å². The topological polar surface area (TPSA) is 64.9 Å². The predicted octanol–water partition coefficient (Wildman–Crippen LogP) is 3.48. The summed E-state index contributed by atoms with van der Waals surface area (Å²) in [5.74, 6) is -1.16. The molecule has 0 aromatic heterocycles. The van der Waals surface area contributed by atoms with Crippen molar-refractivity contribution < 1.29 is 13.6 Å². The minimum atomic E-state index is -0.724. The van der Waals surface area contributed by atoms with Crippen LogP contribution in [0.15, 0.2) is 42.5 Å². The molecule has 4 nitrogen and oxygen atoms in total. The van der Waals surface area contributed by atoms with Crippen LogP contribution >= 0.6 is 0 Å². The number of carbonyl (C=O) groups is 1. The lowest BCUT2D eigenvalue weighted by atomic mass is 10.2. The van der Waals surface area contributed by atoms with E-state index in [-0.39, 0.29) is 16.9 Å². The number of anilines is 2. The van der Waals surface area contributed by atoms with Gasteiger partial charge in [-0.15, -0.1) is 0 Å². The average molecular weight is 273 g/mol. The predicted molar refractivity (Wildman–Crippen MR) is 70.2 cm³/mol. The van der Waals surface area contributed by atoms with Crippen LogP contribution in [0, 0.1) is 23.0 Å². The number of amides is 2. The summed E-state index contributed by atoms with van der Waals surface area (Å²) < 4.78 is 26.3. The number of nitrogens with one attached hydrogen (secondary N) is 2. The molecule has 0 saturated heterocycles. The maximum absolute atomic E-state index is 13.3. The zero-order chi connectivity index (χ0) is 14.5. The fourth-order valence-electron chi connectivity index (χ4n) is 1.56. The molecule has 0 heterocycles. The molecule has 0 saturated carbocycles. The van der Waals surface area contributed by atoms with Gasteiger partial charge in [-0.05, 0) is 30.3 Å². The van der Waals surface area contributed by atoms with Crippen LogP contribution in [0.1, 0.15) is 5.56 Å². The van der Waals surface area contributed by atoms with Crippen molar-refractivity contribution in [2.75, 3.05) is 10.6 Å².